The molecule has 5 aromatic rings. The molecule has 158 valence electrons. The fraction of sp³-hybridized carbons (Fsp3) is 0.0800. The Morgan fingerprint density at radius 1 is 1.00 bits per heavy atom. The van der Waals surface area contributed by atoms with E-state index in [-0.39, 0.29) is 17.7 Å². The van der Waals surface area contributed by atoms with Crippen LogP contribution in [0.25, 0.3) is 10.9 Å². The first-order valence-electron chi connectivity index (χ1n) is 10.2. The molecular formula is C25H21N5O2. The molecule has 0 spiro atoms. The van der Waals surface area contributed by atoms with Crippen molar-refractivity contribution in [3.63, 3.8) is 0 Å². The Bertz CT molecular complexity index is 1350. The lowest BCUT2D eigenvalue weighted by Gasteiger charge is -2.20. The lowest BCUT2D eigenvalue weighted by Crippen LogP contribution is -2.15. The zero-order valence-electron chi connectivity index (χ0n) is 17.4. The molecule has 5 rings (SSSR count). The van der Waals surface area contributed by atoms with Crippen LogP contribution in [-0.4, -0.2) is 20.9 Å². The van der Waals surface area contributed by atoms with Crippen LogP contribution in [0.3, 0.4) is 0 Å². The van der Waals surface area contributed by atoms with Crippen LogP contribution in [0, 0.1) is 6.92 Å². The van der Waals surface area contributed by atoms with Crippen LogP contribution >= 0.6 is 0 Å². The Balaban J connectivity index is 1.58. The average Bonchev–Trinajstić information content (AvgIpc) is 3.47. The van der Waals surface area contributed by atoms with Crippen molar-refractivity contribution in [3.05, 3.63) is 108 Å². The summed E-state index contributed by atoms with van der Waals surface area (Å²) in [5.41, 5.74) is 4.56. The molecular weight excluding hydrogens is 402 g/mol. The number of furan rings is 1. The fourth-order valence-electron chi connectivity index (χ4n) is 3.83. The quantitative estimate of drug-likeness (QED) is 0.344. The summed E-state index contributed by atoms with van der Waals surface area (Å²) in [6.45, 7) is 2.03. The van der Waals surface area contributed by atoms with Crippen molar-refractivity contribution >= 4 is 28.3 Å². The summed E-state index contributed by atoms with van der Waals surface area (Å²) in [5, 5.41) is 7.41. The van der Waals surface area contributed by atoms with Crippen molar-refractivity contribution < 1.29 is 9.21 Å². The molecule has 4 aromatic heterocycles. The standard InChI is InChI=1S/C25H21N5O2/c1-16-23(24(20-7-2-4-12-26-20)30-22-9-3-5-13-27-22)18-15-17(10-11-19(18)28-16)29-25(31)21-8-6-14-32-21/h2-15,24,28H,1H3,(H,27,30)(H,29,31)/t24-/m1/s1. The Labute approximate surface area is 184 Å². The van der Waals surface area contributed by atoms with Crippen molar-refractivity contribution in [3.8, 4) is 0 Å². The Morgan fingerprint density at radius 3 is 2.56 bits per heavy atom. The second-order valence-corrected chi connectivity index (χ2v) is 7.40. The molecule has 32 heavy (non-hydrogen) atoms. The zero-order chi connectivity index (χ0) is 21.9. The van der Waals surface area contributed by atoms with Crippen molar-refractivity contribution in [2.45, 2.75) is 13.0 Å². The minimum absolute atomic E-state index is 0.240. The number of nitrogens with one attached hydrogen (secondary N) is 3. The van der Waals surface area contributed by atoms with Gasteiger partial charge in [-0.2, -0.15) is 0 Å². The number of nitrogens with zero attached hydrogens (tertiary/aromatic N) is 2. The highest BCUT2D eigenvalue weighted by Crippen LogP contribution is 2.34. The summed E-state index contributed by atoms with van der Waals surface area (Å²) < 4.78 is 5.20. The van der Waals surface area contributed by atoms with E-state index in [2.05, 4.69) is 25.6 Å². The Hall–Kier alpha value is -4.39. The third-order valence-corrected chi connectivity index (χ3v) is 5.27. The number of carbonyl (C=O) groups excluding carboxylic acids is 1. The summed E-state index contributed by atoms with van der Waals surface area (Å²) in [4.78, 5) is 24.9. The summed E-state index contributed by atoms with van der Waals surface area (Å²) in [6, 6.07) is 20.5. The summed E-state index contributed by atoms with van der Waals surface area (Å²) >= 11 is 0. The van der Waals surface area contributed by atoms with E-state index in [1.807, 2.05) is 61.5 Å². The van der Waals surface area contributed by atoms with Crippen molar-refractivity contribution in [1.82, 2.24) is 15.0 Å². The maximum Gasteiger partial charge on any atom is 0.291 e. The number of hydrogen-bond donors (Lipinski definition) is 3. The largest absolute Gasteiger partial charge is 0.459 e. The van der Waals surface area contributed by atoms with E-state index in [1.54, 1.807) is 24.5 Å². The van der Waals surface area contributed by atoms with Gasteiger partial charge in [-0.1, -0.05) is 12.1 Å². The number of fused-ring (bicyclic) bond motifs is 1. The second-order valence-electron chi connectivity index (χ2n) is 7.40. The molecule has 3 N–H and O–H groups in total. The molecule has 0 unspecified atom stereocenters. The van der Waals surface area contributed by atoms with Gasteiger partial charge in [0.25, 0.3) is 5.91 Å². The van der Waals surface area contributed by atoms with Crippen molar-refractivity contribution in [2.75, 3.05) is 10.6 Å². The lowest BCUT2D eigenvalue weighted by molar-refractivity contribution is 0.0996. The molecule has 1 atom stereocenters. The number of benzene rings is 1. The first kappa shape index (κ1) is 19.6. The van der Waals surface area contributed by atoms with E-state index in [0.29, 0.717) is 5.69 Å². The number of aryl methyl sites for hydroxylation is 1. The Morgan fingerprint density at radius 2 is 1.84 bits per heavy atom. The van der Waals surface area contributed by atoms with E-state index in [1.165, 1.54) is 6.26 Å². The van der Waals surface area contributed by atoms with Crippen LogP contribution in [0.2, 0.25) is 0 Å². The predicted octanol–water partition coefficient (Wildman–Crippen LogP) is 5.31. The summed E-state index contributed by atoms with van der Waals surface area (Å²) in [7, 11) is 0. The molecule has 0 fully saturated rings. The number of aromatic amines is 1. The van der Waals surface area contributed by atoms with Crippen molar-refractivity contribution in [2.24, 2.45) is 0 Å². The van der Waals surface area contributed by atoms with Crippen LogP contribution in [0.1, 0.15) is 33.5 Å². The molecule has 0 saturated carbocycles. The van der Waals surface area contributed by atoms with Crippen LogP contribution in [0.5, 0.6) is 0 Å². The SMILES string of the molecule is Cc1[nH]c2ccc(NC(=O)c3ccco3)cc2c1[C@H](Nc1ccccn1)c1ccccn1. The first-order chi connectivity index (χ1) is 15.7. The van der Waals surface area contributed by atoms with Gasteiger partial charge in [-0.3, -0.25) is 9.78 Å². The third-order valence-electron chi connectivity index (χ3n) is 5.27. The van der Waals surface area contributed by atoms with Crippen LogP contribution in [-0.2, 0) is 0 Å². The van der Waals surface area contributed by atoms with E-state index in [9.17, 15) is 4.79 Å². The zero-order valence-corrected chi connectivity index (χ0v) is 17.4. The number of carbonyl (C=O) groups is 1. The first-order valence-corrected chi connectivity index (χ1v) is 10.2. The van der Waals surface area contributed by atoms with Crippen LogP contribution < -0.4 is 10.6 Å². The average molecular weight is 423 g/mol. The molecule has 0 bridgehead atoms. The van der Waals surface area contributed by atoms with E-state index >= 15 is 0 Å². The second kappa shape index (κ2) is 8.39. The summed E-state index contributed by atoms with van der Waals surface area (Å²) in [5.74, 6) is 0.717. The van der Waals surface area contributed by atoms with E-state index in [0.717, 1.165) is 33.7 Å². The minimum Gasteiger partial charge on any atom is -0.459 e. The van der Waals surface area contributed by atoms with Gasteiger partial charge >= 0.3 is 0 Å². The van der Waals surface area contributed by atoms with Crippen molar-refractivity contribution in [1.29, 1.82) is 0 Å². The minimum atomic E-state index is -0.295. The van der Waals surface area contributed by atoms with Gasteiger partial charge in [-0.05, 0) is 61.5 Å². The lowest BCUT2D eigenvalue weighted by atomic mass is 9.99. The van der Waals surface area contributed by atoms with Gasteiger partial charge < -0.3 is 20.0 Å². The third kappa shape index (κ3) is 3.83. The maximum atomic E-state index is 12.5. The number of amides is 1. The molecule has 1 aromatic carbocycles. The highest BCUT2D eigenvalue weighted by atomic mass is 16.3. The topological polar surface area (TPSA) is 95.8 Å². The van der Waals surface area contributed by atoms with Gasteiger partial charge in [0.15, 0.2) is 5.76 Å². The van der Waals surface area contributed by atoms with Gasteiger partial charge in [0.1, 0.15) is 5.82 Å². The van der Waals surface area contributed by atoms with Gasteiger partial charge in [-0.25, -0.2) is 4.98 Å². The Kier molecular flexibility index (Phi) is 5.13. The number of rotatable bonds is 6. The van der Waals surface area contributed by atoms with E-state index < -0.39 is 0 Å². The molecule has 0 saturated heterocycles. The molecule has 0 aliphatic carbocycles. The highest BCUT2D eigenvalue weighted by Gasteiger charge is 2.23. The molecule has 7 nitrogen and oxygen atoms in total. The van der Waals surface area contributed by atoms with Gasteiger partial charge in [-0.15, -0.1) is 0 Å². The molecule has 0 radical (unpaired) electrons. The van der Waals surface area contributed by atoms with Crippen LogP contribution in [0.4, 0.5) is 11.5 Å². The molecule has 0 aliphatic rings. The molecule has 4 heterocycles. The predicted molar refractivity (Wildman–Crippen MR) is 124 cm³/mol. The number of aromatic nitrogens is 3. The number of anilines is 2. The fourth-order valence-corrected chi connectivity index (χ4v) is 3.83. The normalized spacial score (nSPS) is 11.9. The molecule has 7 heteroatoms. The van der Waals surface area contributed by atoms with E-state index in [4.69, 9.17) is 4.42 Å². The summed E-state index contributed by atoms with van der Waals surface area (Å²) in [6.07, 6.45) is 5.01. The maximum absolute atomic E-state index is 12.5. The molecule has 0 aliphatic heterocycles. The highest BCUT2D eigenvalue weighted by molar-refractivity contribution is 6.03. The smallest absolute Gasteiger partial charge is 0.291 e. The number of pyridine rings is 2. The number of hydrogen-bond acceptors (Lipinski definition) is 5. The number of H-pyrrole nitrogens is 1. The van der Waals surface area contributed by atoms with Crippen LogP contribution in [0.15, 0.2) is 89.8 Å². The monoisotopic (exact) mass is 423 g/mol. The van der Waals surface area contributed by atoms with Gasteiger partial charge in [0, 0.05) is 40.2 Å². The van der Waals surface area contributed by atoms with Gasteiger partial charge in [0.2, 0.25) is 0 Å². The molecule has 1 amide bonds. The van der Waals surface area contributed by atoms with Gasteiger partial charge in [0.05, 0.1) is 18.0 Å².